The lowest BCUT2D eigenvalue weighted by atomic mass is 10.1. The third-order valence-corrected chi connectivity index (χ3v) is 2.95. The maximum absolute atomic E-state index is 11.9. The molecule has 1 saturated heterocycles. The third-order valence-electron chi connectivity index (χ3n) is 2.95. The van der Waals surface area contributed by atoms with Crippen molar-refractivity contribution in [1.29, 1.82) is 0 Å². The van der Waals surface area contributed by atoms with Crippen LogP contribution < -0.4 is 10.6 Å². The normalized spacial score (nSPS) is 20.9. The summed E-state index contributed by atoms with van der Waals surface area (Å²) in [6.07, 6.45) is 4.09. The monoisotopic (exact) mass is 237 g/mol. The number of amides is 1. The lowest BCUT2D eigenvalue weighted by Gasteiger charge is -2.14. The van der Waals surface area contributed by atoms with E-state index in [0.29, 0.717) is 0 Å². The van der Waals surface area contributed by atoms with Crippen molar-refractivity contribution < 1.29 is 4.79 Å². The van der Waals surface area contributed by atoms with Gasteiger partial charge in [0.05, 0.1) is 0 Å². The Hall–Kier alpha value is -1.43. The second kappa shape index (κ2) is 5.77. The van der Waals surface area contributed by atoms with Crippen LogP contribution in [-0.4, -0.2) is 40.2 Å². The Balaban J connectivity index is 1.91. The highest BCUT2D eigenvalue weighted by Gasteiger charge is 2.18. The number of rotatable bonds is 3. The Kier molecular flexibility index (Phi) is 4.08. The van der Waals surface area contributed by atoms with Gasteiger partial charge in [-0.2, -0.15) is 0 Å². The van der Waals surface area contributed by atoms with Crippen LogP contribution in [-0.2, 0) is 6.42 Å². The van der Waals surface area contributed by atoms with E-state index in [0.717, 1.165) is 38.2 Å². The summed E-state index contributed by atoms with van der Waals surface area (Å²) in [4.78, 5) is 16.0. The molecule has 0 aliphatic carbocycles. The lowest BCUT2D eigenvalue weighted by molar-refractivity contribution is 0.0925. The number of aromatic nitrogens is 3. The minimum Gasteiger partial charge on any atom is -0.345 e. The van der Waals surface area contributed by atoms with Crippen LogP contribution in [0.5, 0.6) is 0 Å². The van der Waals surface area contributed by atoms with Gasteiger partial charge in [-0.25, -0.2) is 4.98 Å². The van der Waals surface area contributed by atoms with Gasteiger partial charge in [0.2, 0.25) is 5.82 Å². The number of aromatic amines is 1. The van der Waals surface area contributed by atoms with Gasteiger partial charge in [0.25, 0.3) is 5.91 Å². The SMILES string of the molecule is CCc1nc(C(=O)NC2CCCCNC2)n[nH]1. The lowest BCUT2D eigenvalue weighted by Crippen LogP contribution is -2.41. The number of aryl methyl sites for hydroxylation is 1. The average molecular weight is 237 g/mol. The number of carbonyl (C=O) groups is 1. The van der Waals surface area contributed by atoms with E-state index in [2.05, 4.69) is 25.8 Å². The minimum atomic E-state index is -0.186. The Morgan fingerprint density at radius 3 is 3.18 bits per heavy atom. The predicted molar refractivity (Wildman–Crippen MR) is 63.7 cm³/mol. The molecule has 1 fully saturated rings. The molecule has 6 heteroatoms. The van der Waals surface area contributed by atoms with Gasteiger partial charge in [-0.05, 0) is 19.4 Å². The van der Waals surface area contributed by atoms with E-state index in [9.17, 15) is 4.79 Å². The minimum absolute atomic E-state index is 0.186. The molecule has 0 bridgehead atoms. The molecule has 1 amide bonds. The van der Waals surface area contributed by atoms with Gasteiger partial charge in [-0.15, -0.1) is 5.10 Å². The molecule has 1 aromatic heterocycles. The zero-order chi connectivity index (χ0) is 12.1. The molecule has 0 radical (unpaired) electrons. The predicted octanol–water partition coefficient (Wildman–Crippen LogP) is 0.239. The van der Waals surface area contributed by atoms with Crippen molar-refractivity contribution in [3.05, 3.63) is 11.6 Å². The standard InChI is InChI=1S/C11H19N5O/c1-2-9-14-10(16-15-9)11(17)13-8-5-3-4-6-12-7-8/h8,12H,2-7H2,1H3,(H,13,17)(H,14,15,16). The highest BCUT2D eigenvalue weighted by molar-refractivity contribution is 5.90. The molecule has 2 heterocycles. The van der Waals surface area contributed by atoms with Gasteiger partial charge >= 0.3 is 0 Å². The number of hydrogen-bond acceptors (Lipinski definition) is 4. The van der Waals surface area contributed by atoms with E-state index in [1.165, 1.54) is 6.42 Å². The van der Waals surface area contributed by atoms with Crippen molar-refractivity contribution in [2.24, 2.45) is 0 Å². The summed E-state index contributed by atoms with van der Waals surface area (Å²) in [7, 11) is 0. The summed E-state index contributed by atoms with van der Waals surface area (Å²) < 4.78 is 0. The number of hydrogen-bond donors (Lipinski definition) is 3. The first-order chi connectivity index (χ1) is 8.29. The van der Waals surface area contributed by atoms with E-state index < -0.39 is 0 Å². The molecule has 0 aromatic carbocycles. The molecule has 0 saturated carbocycles. The fraction of sp³-hybridized carbons (Fsp3) is 0.727. The Morgan fingerprint density at radius 1 is 1.53 bits per heavy atom. The Labute approximate surface area is 101 Å². The van der Waals surface area contributed by atoms with E-state index in [-0.39, 0.29) is 17.8 Å². The van der Waals surface area contributed by atoms with Crippen LogP contribution in [0.1, 0.15) is 42.6 Å². The maximum Gasteiger partial charge on any atom is 0.291 e. The van der Waals surface area contributed by atoms with Crippen molar-refractivity contribution in [3.8, 4) is 0 Å². The van der Waals surface area contributed by atoms with Crippen LogP contribution in [0.2, 0.25) is 0 Å². The second-order valence-corrected chi connectivity index (χ2v) is 4.33. The highest BCUT2D eigenvalue weighted by atomic mass is 16.2. The van der Waals surface area contributed by atoms with Crippen LogP contribution in [0.25, 0.3) is 0 Å². The van der Waals surface area contributed by atoms with Crippen molar-refractivity contribution in [2.75, 3.05) is 13.1 Å². The van der Waals surface area contributed by atoms with E-state index in [4.69, 9.17) is 0 Å². The number of carbonyl (C=O) groups excluding carboxylic acids is 1. The first-order valence-corrected chi connectivity index (χ1v) is 6.22. The molecular weight excluding hydrogens is 218 g/mol. The fourth-order valence-electron chi connectivity index (χ4n) is 1.95. The van der Waals surface area contributed by atoms with E-state index in [1.54, 1.807) is 0 Å². The average Bonchev–Trinajstić information content (AvgIpc) is 2.68. The van der Waals surface area contributed by atoms with Crippen LogP contribution in [0.3, 0.4) is 0 Å². The van der Waals surface area contributed by atoms with Gasteiger partial charge in [0, 0.05) is 19.0 Å². The van der Waals surface area contributed by atoms with E-state index in [1.807, 2.05) is 6.92 Å². The van der Waals surface area contributed by atoms with Crippen LogP contribution in [0, 0.1) is 0 Å². The molecule has 1 atom stereocenters. The molecule has 1 aliphatic heterocycles. The molecule has 6 nitrogen and oxygen atoms in total. The molecule has 1 unspecified atom stereocenters. The summed E-state index contributed by atoms with van der Waals surface area (Å²) >= 11 is 0. The van der Waals surface area contributed by atoms with Gasteiger partial charge in [0.15, 0.2) is 0 Å². The largest absolute Gasteiger partial charge is 0.345 e. The molecule has 17 heavy (non-hydrogen) atoms. The Morgan fingerprint density at radius 2 is 2.41 bits per heavy atom. The molecule has 3 N–H and O–H groups in total. The third kappa shape index (κ3) is 3.26. The van der Waals surface area contributed by atoms with Gasteiger partial charge in [-0.3, -0.25) is 9.89 Å². The molecule has 1 aliphatic rings. The van der Waals surface area contributed by atoms with Crippen molar-refractivity contribution in [2.45, 2.75) is 38.6 Å². The molecule has 0 spiro atoms. The highest BCUT2D eigenvalue weighted by Crippen LogP contribution is 2.04. The second-order valence-electron chi connectivity index (χ2n) is 4.33. The molecule has 2 rings (SSSR count). The van der Waals surface area contributed by atoms with Gasteiger partial charge in [0.1, 0.15) is 5.82 Å². The topological polar surface area (TPSA) is 82.7 Å². The van der Waals surface area contributed by atoms with Gasteiger partial charge < -0.3 is 10.6 Å². The summed E-state index contributed by atoms with van der Waals surface area (Å²) in [6, 6.07) is 0.188. The van der Waals surface area contributed by atoms with Crippen molar-refractivity contribution in [3.63, 3.8) is 0 Å². The summed E-state index contributed by atoms with van der Waals surface area (Å²) in [5.41, 5.74) is 0. The zero-order valence-electron chi connectivity index (χ0n) is 10.1. The number of H-pyrrole nitrogens is 1. The number of nitrogens with zero attached hydrogens (tertiary/aromatic N) is 2. The fourth-order valence-corrected chi connectivity index (χ4v) is 1.95. The Bertz CT molecular complexity index is 368. The summed E-state index contributed by atoms with van der Waals surface area (Å²) in [5, 5.41) is 12.9. The molecular formula is C11H19N5O. The first-order valence-electron chi connectivity index (χ1n) is 6.22. The summed E-state index contributed by atoms with van der Waals surface area (Å²) in [5.74, 6) is 0.801. The molecule has 94 valence electrons. The van der Waals surface area contributed by atoms with Crippen LogP contribution in [0.15, 0.2) is 0 Å². The van der Waals surface area contributed by atoms with E-state index >= 15 is 0 Å². The first kappa shape index (κ1) is 12.0. The maximum atomic E-state index is 11.9. The van der Waals surface area contributed by atoms with Gasteiger partial charge in [-0.1, -0.05) is 13.3 Å². The molecule has 1 aromatic rings. The van der Waals surface area contributed by atoms with Crippen LogP contribution in [0.4, 0.5) is 0 Å². The zero-order valence-corrected chi connectivity index (χ0v) is 10.1. The number of nitrogens with one attached hydrogen (secondary N) is 3. The summed E-state index contributed by atoms with van der Waals surface area (Å²) in [6.45, 7) is 3.83. The quantitative estimate of drug-likeness (QED) is 0.703. The van der Waals surface area contributed by atoms with Crippen molar-refractivity contribution in [1.82, 2.24) is 25.8 Å². The van der Waals surface area contributed by atoms with Crippen molar-refractivity contribution >= 4 is 5.91 Å². The van der Waals surface area contributed by atoms with Crippen LogP contribution >= 0.6 is 0 Å². The smallest absolute Gasteiger partial charge is 0.291 e.